The standard InChI is InChI=1S/C22H27N5O/c1-26(2)8-9-27(3)19-11-18(16-10-15(12-24-13-16)14-4-5-14)21-17(6-7-25-21)20(19)22(23)28/h7,10-14H,4-6,8-9H2,1-3H3,(H2,23,28). The summed E-state index contributed by atoms with van der Waals surface area (Å²) in [7, 11) is 6.09. The van der Waals surface area contributed by atoms with Crippen LogP contribution in [0.1, 0.15) is 40.2 Å². The number of rotatable bonds is 7. The van der Waals surface area contributed by atoms with Gasteiger partial charge in [0.2, 0.25) is 0 Å². The highest BCUT2D eigenvalue weighted by molar-refractivity contribution is 6.06. The summed E-state index contributed by atoms with van der Waals surface area (Å²) in [5.74, 6) is 0.237. The number of nitrogens with two attached hydrogens (primary N) is 1. The van der Waals surface area contributed by atoms with E-state index < -0.39 is 5.91 Å². The van der Waals surface area contributed by atoms with Crippen LogP contribution in [0.5, 0.6) is 0 Å². The number of nitrogens with zero attached hydrogens (tertiary/aromatic N) is 4. The van der Waals surface area contributed by atoms with Gasteiger partial charge in [0.15, 0.2) is 0 Å². The van der Waals surface area contributed by atoms with E-state index in [1.807, 2.05) is 39.8 Å². The van der Waals surface area contributed by atoms with E-state index in [1.165, 1.54) is 18.4 Å². The number of hydrogen-bond acceptors (Lipinski definition) is 5. The lowest BCUT2D eigenvalue weighted by Crippen LogP contribution is -2.30. The monoisotopic (exact) mass is 377 g/mol. The van der Waals surface area contributed by atoms with Crippen molar-refractivity contribution in [2.45, 2.75) is 25.2 Å². The molecule has 1 aromatic heterocycles. The number of amides is 1. The zero-order chi connectivity index (χ0) is 19.8. The van der Waals surface area contributed by atoms with Gasteiger partial charge in [0.1, 0.15) is 0 Å². The number of likely N-dealkylation sites (N-methyl/N-ethyl adjacent to an activating group) is 2. The van der Waals surface area contributed by atoms with Crippen molar-refractivity contribution < 1.29 is 4.79 Å². The first kappa shape index (κ1) is 18.6. The molecule has 6 heteroatoms. The van der Waals surface area contributed by atoms with Crippen molar-refractivity contribution >= 4 is 23.5 Å². The molecular weight excluding hydrogens is 350 g/mol. The molecule has 2 aliphatic rings. The van der Waals surface area contributed by atoms with Crippen molar-refractivity contribution in [3.8, 4) is 11.1 Å². The lowest BCUT2D eigenvalue weighted by Gasteiger charge is -2.26. The quantitative estimate of drug-likeness (QED) is 0.805. The van der Waals surface area contributed by atoms with Crippen LogP contribution in [-0.2, 0) is 6.42 Å². The van der Waals surface area contributed by atoms with E-state index in [9.17, 15) is 4.79 Å². The fraction of sp³-hybridized carbons (Fsp3) is 0.409. The normalized spacial score (nSPS) is 15.1. The first-order valence-corrected chi connectivity index (χ1v) is 9.79. The zero-order valence-electron chi connectivity index (χ0n) is 16.8. The predicted molar refractivity (Wildman–Crippen MR) is 114 cm³/mol. The number of anilines is 1. The van der Waals surface area contributed by atoms with Gasteiger partial charge in [0.05, 0.1) is 16.9 Å². The second kappa shape index (κ2) is 7.36. The maximum absolute atomic E-state index is 12.3. The van der Waals surface area contributed by atoms with Gasteiger partial charge < -0.3 is 15.5 Å². The lowest BCUT2D eigenvalue weighted by atomic mass is 9.93. The summed E-state index contributed by atoms with van der Waals surface area (Å²) in [6.45, 7) is 1.68. The van der Waals surface area contributed by atoms with Gasteiger partial charge in [-0.05, 0) is 56.1 Å². The molecule has 0 radical (unpaired) electrons. The largest absolute Gasteiger partial charge is 0.373 e. The van der Waals surface area contributed by atoms with Gasteiger partial charge >= 0.3 is 0 Å². The Labute approximate surface area is 166 Å². The Bertz CT molecular complexity index is 946. The average Bonchev–Trinajstić information content (AvgIpc) is 3.41. The average molecular weight is 377 g/mol. The third-order valence-electron chi connectivity index (χ3n) is 5.56. The molecule has 1 aromatic carbocycles. The van der Waals surface area contributed by atoms with E-state index >= 15 is 0 Å². The summed E-state index contributed by atoms with van der Waals surface area (Å²) in [5.41, 5.74) is 12.4. The fourth-order valence-electron chi connectivity index (χ4n) is 3.80. The Morgan fingerprint density at radius 3 is 2.64 bits per heavy atom. The molecule has 2 heterocycles. The van der Waals surface area contributed by atoms with E-state index in [1.54, 1.807) is 0 Å². The molecule has 1 aliphatic carbocycles. The number of primary amides is 1. The van der Waals surface area contributed by atoms with Crippen molar-refractivity contribution in [2.24, 2.45) is 10.7 Å². The molecule has 0 spiro atoms. The van der Waals surface area contributed by atoms with Gasteiger partial charge in [-0.25, -0.2) is 0 Å². The molecule has 28 heavy (non-hydrogen) atoms. The molecule has 146 valence electrons. The highest BCUT2D eigenvalue weighted by Crippen LogP contribution is 2.45. The molecule has 1 amide bonds. The van der Waals surface area contributed by atoms with Gasteiger partial charge in [0.25, 0.3) is 5.91 Å². The van der Waals surface area contributed by atoms with Crippen molar-refractivity contribution in [1.82, 2.24) is 9.88 Å². The number of aliphatic imine (C=N–C) groups is 1. The van der Waals surface area contributed by atoms with Gasteiger partial charge in [-0.15, -0.1) is 0 Å². The number of pyridine rings is 1. The van der Waals surface area contributed by atoms with E-state index in [4.69, 9.17) is 5.73 Å². The number of carbonyl (C=O) groups is 1. The van der Waals surface area contributed by atoms with Crippen LogP contribution < -0.4 is 10.6 Å². The molecule has 0 saturated heterocycles. The van der Waals surface area contributed by atoms with Crippen LogP contribution in [0.15, 0.2) is 29.5 Å². The Hall–Kier alpha value is -2.73. The van der Waals surface area contributed by atoms with Crippen molar-refractivity contribution in [3.05, 3.63) is 41.2 Å². The Morgan fingerprint density at radius 1 is 1.18 bits per heavy atom. The molecule has 0 atom stereocenters. The highest BCUT2D eigenvalue weighted by Gasteiger charge is 2.27. The van der Waals surface area contributed by atoms with E-state index in [0.717, 1.165) is 41.2 Å². The summed E-state index contributed by atoms with van der Waals surface area (Å²) in [5, 5.41) is 0. The van der Waals surface area contributed by atoms with Gasteiger partial charge in [-0.1, -0.05) is 0 Å². The minimum absolute atomic E-state index is 0.398. The smallest absolute Gasteiger partial charge is 0.251 e. The van der Waals surface area contributed by atoms with Gasteiger partial charge in [-0.2, -0.15) is 0 Å². The van der Waals surface area contributed by atoms with Crippen LogP contribution in [0.3, 0.4) is 0 Å². The van der Waals surface area contributed by atoms with Crippen LogP contribution in [0, 0.1) is 0 Å². The second-order valence-electron chi connectivity index (χ2n) is 8.03. The lowest BCUT2D eigenvalue weighted by molar-refractivity contribution is 0.1000. The third kappa shape index (κ3) is 3.52. The maximum Gasteiger partial charge on any atom is 0.251 e. The number of benzene rings is 1. The molecule has 2 aromatic rings. The topological polar surface area (TPSA) is 74.8 Å². The molecule has 2 N–H and O–H groups in total. The Morgan fingerprint density at radius 2 is 1.96 bits per heavy atom. The first-order chi connectivity index (χ1) is 13.5. The Balaban J connectivity index is 1.83. The number of hydrogen-bond donors (Lipinski definition) is 1. The van der Waals surface area contributed by atoms with Crippen molar-refractivity contribution in [1.29, 1.82) is 0 Å². The van der Waals surface area contributed by atoms with Crippen LogP contribution in [0.25, 0.3) is 11.1 Å². The van der Waals surface area contributed by atoms with Crippen LogP contribution >= 0.6 is 0 Å². The summed E-state index contributed by atoms with van der Waals surface area (Å²) in [4.78, 5) is 25.6. The SMILES string of the molecule is CN(C)CCN(C)c1cc(-c2cncc(C3CC3)c2)c2c(c1C(N)=O)CC=N2. The number of fused-ring (bicyclic) bond motifs is 1. The van der Waals surface area contributed by atoms with Gasteiger partial charge in [0, 0.05) is 56.3 Å². The minimum atomic E-state index is -0.398. The molecular formula is C22H27N5O. The molecule has 4 rings (SSSR count). The molecule has 0 unspecified atom stereocenters. The minimum Gasteiger partial charge on any atom is -0.373 e. The Kier molecular flexibility index (Phi) is 4.89. The predicted octanol–water partition coefficient (Wildman–Crippen LogP) is 2.98. The van der Waals surface area contributed by atoms with Crippen molar-refractivity contribution in [2.75, 3.05) is 39.1 Å². The van der Waals surface area contributed by atoms with Gasteiger partial charge in [-0.3, -0.25) is 14.8 Å². The summed E-state index contributed by atoms with van der Waals surface area (Å²) < 4.78 is 0. The molecule has 1 saturated carbocycles. The number of carbonyl (C=O) groups excluding carboxylic acids is 1. The summed E-state index contributed by atoms with van der Waals surface area (Å²) in [6.07, 6.45) is 8.82. The van der Waals surface area contributed by atoms with Crippen LogP contribution in [0.4, 0.5) is 11.4 Å². The highest BCUT2D eigenvalue weighted by atomic mass is 16.1. The summed E-state index contributed by atoms with van der Waals surface area (Å²) in [6, 6.07) is 4.28. The second-order valence-corrected chi connectivity index (χ2v) is 8.03. The van der Waals surface area contributed by atoms with E-state index in [-0.39, 0.29) is 0 Å². The molecule has 1 aliphatic heterocycles. The molecule has 1 fully saturated rings. The number of aromatic nitrogens is 1. The van der Waals surface area contributed by atoms with E-state index in [0.29, 0.717) is 17.9 Å². The molecule has 6 nitrogen and oxygen atoms in total. The molecule has 0 bridgehead atoms. The van der Waals surface area contributed by atoms with Crippen LogP contribution in [0.2, 0.25) is 0 Å². The van der Waals surface area contributed by atoms with E-state index in [2.05, 4.69) is 31.9 Å². The fourth-order valence-corrected chi connectivity index (χ4v) is 3.80. The van der Waals surface area contributed by atoms with Crippen molar-refractivity contribution in [3.63, 3.8) is 0 Å². The van der Waals surface area contributed by atoms with Crippen LogP contribution in [-0.4, -0.2) is 56.2 Å². The third-order valence-corrected chi connectivity index (χ3v) is 5.56. The first-order valence-electron chi connectivity index (χ1n) is 9.79. The summed E-state index contributed by atoms with van der Waals surface area (Å²) >= 11 is 0. The maximum atomic E-state index is 12.3. The zero-order valence-corrected chi connectivity index (χ0v) is 16.8.